The predicted molar refractivity (Wildman–Crippen MR) is 104 cm³/mol. The van der Waals surface area contributed by atoms with Gasteiger partial charge in [-0.25, -0.2) is 4.79 Å². The van der Waals surface area contributed by atoms with Crippen LogP contribution in [0.3, 0.4) is 0 Å². The van der Waals surface area contributed by atoms with Gasteiger partial charge in [0, 0.05) is 19.4 Å². The Bertz CT molecular complexity index is 652. The first kappa shape index (κ1) is 23.9. The van der Waals surface area contributed by atoms with Crippen molar-refractivity contribution < 1.29 is 24.5 Å². The van der Waals surface area contributed by atoms with Gasteiger partial charge in [-0.05, 0) is 37.1 Å². The number of carbonyl (C=O) groups is 2. The van der Waals surface area contributed by atoms with Crippen molar-refractivity contribution in [1.82, 2.24) is 0 Å². The molecule has 6 heteroatoms. The number of ketones is 1. The molecule has 26 heavy (non-hydrogen) atoms. The standard InChI is InChI=1S/C19H23ClO4.CH4O/c1-5-7-8-14(21)11-16-15(9-10-17(22)18(16)20)19(23)24-13(4)12(3)6-2;1-2/h6-10,12-13,22H,2,5,11H2,1,3-4H3;2H,1H3/b8-7+;/t12?,13-;/m1./s1. The highest BCUT2D eigenvalue weighted by Crippen LogP contribution is 2.31. The zero-order valence-corrected chi connectivity index (χ0v) is 16.4. The normalized spacial score (nSPS) is 12.7. The van der Waals surface area contributed by atoms with E-state index in [0.717, 1.165) is 13.5 Å². The first-order valence-corrected chi connectivity index (χ1v) is 8.67. The fourth-order valence-corrected chi connectivity index (χ4v) is 2.22. The van der Waals surface area contributed by atoms with Crippen LogP contribution in [0.5, 0.6) is 5.75 Å². The largest absolute Gasteiger partial charge is 0.506 e. The Labute approximate surface area is 159 Å². The van der Waals surface area contributed by atoms with E-state index in [9.17, 15) is 14.7 Å². The molecule has 0 saturated carbocycles. The fraction of sp³-hybridized carbons (Fsp3) is 0.400. The number of phenols is 1. The summed E-state index contributed by atoms with van der Waals surface area (Å²) in [5, 5.41) is 16.8. The van der Waals surface area contributed by atoms with E-state index in [1.807, 2.05) is 13.8 Å². The van der Waals surface area contributed by atoms with E-state index in [-0.39, 0.29) is 46.1 Å². The number of aromatic hydroxyl groups is 1. The van der Waals surface area contributed by atoms with Gasteiger partial charge >= 0.3 is 5.97 Å². The van der Waals surface area contributed by atoms with Gasteiger partial charge in [0.05, 0.1) is 10.6 Å². The molecule has 0 amide bonds. The van der Waals surface area contributed by atoms with Gasteiger partial charge in [0.1, 0.15) is 11.9 Å². The van der Waals surface area contributed by atoms with Crippen molar-refractivity contribution in [3.8, 4) is 5.75 Å². The minimum Gasteiger partial charge on any atom is -0.506 e. The van der Waals surface area contributed by atoms with Crippen LogP contribution >= 0.6 is 11.6 Å². The number of carbonyl (C=O) groups excluding carboxylic acids is 2. The Hall–Kier alpha value is -2.11. The van der Waals surface area contributed by atoms with Crippen LogP contribution in [0.4, 0.5) is 0 Å². The van der Waals surface area contributed by atoms with Gasteiger partial charge in [-0.1, -0.05) is 37.6 Å². The molecule has 0 radical (unpaired) electrons. The summed E-state index contributed by atoms with van der Waals surface area (Å²) in [7, 11) is 1.00. The second-order valence-electron chi connectivity index (χ2n) is 5.58. The van der Waals surface area contributed by atoms with E-state index < -0.39 is 5.97 Å². The molecule has 2 N–H and O–H groups in total. The Morgan fingerprint density at radius 1 is 1.31 bits per heavy atom. The molecule has 2 atom stereocenters. The van der Waals surface area contributed by atoms with Crippen molar-refractivity contribution in [3.05, 3.63) is 53.1 Å². The summed E-state index contributed by atoms with van der Waals surface area (Å²) in [5.41, 5.74) is 0.449. The molecule has 1 aromatic carbocycles. The monoisotopic (exact) mass is 382 g/mol. The van der Waals surface area contributed by atoms with E-state index in [1.165, 1.54) is 18.2 Å². The molecule has 1 unspecified atom stereocenters. The van der Waals surface area contributed by atoms with Gasteiger partial charge in [0.25, 0.3) is 0 Å². The van der Waals surface area contributed by atoms with Gasteiger partial charge in [0.15, 0.2) is 5.78 Å². The van der Waals surface area contributed by atoms with Crippen molar-refractivity contribution in [2.75, 3.05) is 7.11 Å². The molecular formula is C20H27ClO5. The van der Waals surface area contributed by atoms with Crippen molar-refractivity contribution in [3.63, 3.8) is 0 Å². The van der Waals surface area contributed by atoms with E-state index in [4.69, 9.17) is 21.4 Å². The average molecular weight is 383 g/mol. The number of aliphatic hydroxyl groups is 1. The molecule has 0 saturated heterocycles. The molecule has 0 aromatic heterocycles. The molecule has 0 aliphatic carbocycles. The van der Waals surface area contributed by atoms with E-state index >= 15 is 0 Å². The minimum atomic E-state index is -0.583. The van der Waals surface area contributed by atoms with Crippen LogP contribution in [0.25, 0.3) is 0 Å². The fourth-order valence-electron chi connectivity index (χ4n) is 1.99. The predicted octanol–water partition coefficient (Wildman–Crippen LogP) is 4.10. The minimum absolute atomic E-state index is 0.00730. The SMILES string of the molecule is C=CC(C)[C@@H](C)OC(=O)c1ccc(O)c(Cl)c1CC(=O)/C=C/CC.CO. The maximum absolute atomic E-state index is 12.4. The van der Waals surface area contributed by atoms with Crippen LogP contribution in [0.1, 0.15) is 43.1 Å². The van der Waals surface area contributed by atoms with Crippen LogP contribution in [0, 0.1) is 5.92 Å². The molecule has 0 fully saturated rings. The van der Waals surface area contributed by atoms with Gasteiger partial charge < -0.3 is 14.9 Å². The van der Waals surface area contributed by atoms with Gasteiger partial charge in [0.2, 0.25) is 0 Å². The van der Waals surface area contributed by atoms with Crippen LogP contribution in [0.15, 0.2) is 36.9 Å². The van der Waals surface area contributed by atoms with Gasteiger partial charge in [-0.2, -0.15) is 0 Å². The Kier molecular flexibility index (Phi) is 11.3. The Balaban J connectivity index is 0.00000301. The molecule has 0 aliphatic heterocycles. The molecule has 1 aromatic rings. The Morgan fingerprint density at radius 2 is 1.92 bits per heavy atom. The summed E-state index contributed by atoms with van der Waals surface area (Å²) in [6.45, 7) is 9.24. The number of allylic oxidation sites excluding steroid dienone is 2. The van der Waals surface area contributed by atoms with Crippen LogP contribution in [-0.2, 0) is 16.0 Å². The lowest BCUT2D eigenvalue weighted by atomic mass is 10.0. The molecular weight excluding hydrogens is 356 g/mol. The highest BCUT2D eigenvalue weighted by atomic mass is 35.5. The maximum atomic E-state index is 12.4. The zero-order chi connectivity index (χ0) is 20.3. The highest BCUT2D eigenvalue weighted by Gasteiger charge is 2.22. The summed E-state index contributed by atoms with van der Waals surface area (Å²) >= 11 is 6.10. The third-order valence-electron chi connectivity index (χ3n) is 3.74. The van der Waals surface area contributed by atoms with E-state index in [0.29, 0.717) is 0 Å². The van der Waals surface area contributed by atoms with E-state index in [1.54, 1.807) is 19.1 Å². The smallest absolute Gasteiger partial charge is 0.338 e. The number of halogens is 1. The first-order chi connectivity index (χ1) is 12.3. The first-order valence-electron chi connectivity index (χ1n) is 8.29. The number of benzene rings is 1. The molecule has 0 bridgehead atoms. The molecule has 1 rings (SSSR count). The summed E-state index contributed by atoms with van der Waals surface area (Å²) in [6.07, 6.45) is 5.14. The van der Waals surface area contributed by atoms with Gasteiger partial charge in [-0.3, -0.25) is 4.79 Å². The quantitative estimate of drug-likeness (QED) is 0.401. The second kappa shape index (κ2) is 12.3. The van der Waals surface area contributed by atoms with E-state index in [2.05, 4.69) is 6.58 Å². The van der Waals surface area contributed by atoms with Crippen molar-refractivity contribution in [1.29, 1.82) is 0 Å². The van der Waals surface area contributed by atoms with Crippen LogP contribution in [0.2, 0.25) is 5.02 Å². The number of hydrogen-bond acceptors (Lipinski definition) is 5. The molecule has 5 nitrogen and oxygen atoms in total. The third-order valence-corrected chi connectivity index (χ3v) is 4.16. The maximum Gasteiger partial charge on any atom is 0.338 e. The number of phenolic OH excluding ortho intramolecular Hbond substituents is 1. The highest BCUT2D eigenvalue weighted by molar-refractivity contribution is 6.33. The molecule has 0 spiro atoms. The molecule has 0 aliphatic rings. The summed E-state index contributed by atoms with van der Waals surface area (Å²) in [6, 6.07) is 2.73. The zero-order valence-electron chi connectivity index (χ0n) is 15.7. The second-order valence-corrected chi connectivity index (χ2v) is 5.96. The number of aliphatic hydroxyl groups excluding tert-OH is 1. The van der Waals surface area contributed by atoms with Crippen LogP contribution < -0.4 is 0 Å². The molecule has 144 valence electrons. The number of esters is 1. The number of ether oxygens (including phenoxy) is 1. The van der Waals surface area contributed by atoms with Crippen molar-refractivity contribution in [2.24, 2.45) is 5.92 Å². The number of rotatable bonds is 8. The lowest BCUT2D eigenvalue weighted by Gasteiger charge is -2.19. The molecule has 0 heterocycles. The number of hydrogen-bond donors (Lipinski definition) is 2. The van der Waals surface area contributed by atoms with Crippen LogP contribution in [-0.4, -0.2) is 35.2 Å². The lowest BCUT2D eigenvalue weighted by molar-refractivity contribution is -0.114. The third kappa shape index (κ3) is 7.02. The van der Waals surface area contributed by atoms with Crippen molar-refractivity contribution >= 4 is 23.4 Å². The summed E-state index contributed by atoms with van der Waals surface area (Å²) < 4.78 is 5.41. The topological polar surface area (TPSA) is 83.8 Å². The summed E-state index contributed by atoms with van der Waals surface area (Å²) in [5.74, 6) is -0.978. The van der Waals surface area contributed by atoms with Crippen molar-refractivity contribution in [2.45, 2.75) is 39.7 Å². The summed E-state index contributed by atoms with van der Waals surface area (Å²) in [4.78, 5) is 24.4. The average Bonchev–Trinajstić information content (AvgIpc) is 2.64. The lowest BCUT2D eigenvalue weighted by Crippen LogP contribution is -2.22. The van der Waals surface area contributed by atoms with Gasteiger partial charge in [-0.15, -0.1) is 6.58 Å². The Morgan fingerprint density at radius 3 is 2.46 bits per heavy atom.